The van der Waals surface area contributed by atoms with Crippen LogP contribution in [0.5, 0.6) is 0 Å². The quantitative estimate of drug-likeness (QED) is 0.561. The summed E-state index contributed by atoms with van der Waals surface area (Å²) in [5, 5.41) is 8.48. The molecule has 0 spiro atoms. The molecule has 2 amide bonds. The molecule has 2 heterocycles. The van der Waals surface area contributed by atoms with E-state index in [1.54, 1.807) is 26.2 Å². The molecular weight excluding hydrogens is 457 g/mol. The van der Waals surface area contributed by atoms with Crippen LogP contribution in [0.25, 0.3) is 0 Å². The van der Waals surface area contributed by atoms with E-state index in [1.165, 1.54) is 12.1 Å². The zero-order valence-electron chi connectivity index (χ0n) is 19.5. The highest BCUT2D eigenvalue weighted by Gasteiger charge is 2.38. The summed E-state index contributed by atoms with van der Waals surface area (Å²) in [6, 6.07) is 4.98. The first-order valence-corrected chi connectivity index (χ1v) is 11.6. The Balaban J connectivity index is 1.60. The van der Waals surface area contributed by atoms with Crippen LogP contribution in [-0.2, 0) is 22.3 Å². The smallest absolute Gasteiger partial charge is 0.352 e. The number of carbonyl (C=O) groups is 2. The second-order valence-corrected chi connectivity index (χ2v) is 9.27. The average molecular weight is 485 g/mol. The molecule has 1 aliphatic carbocycles. The number of nitrogens with zero attached hydrogens (tertiary/aromatic N) is 1. The fraction of sp³-hybridized carbons (Fsp3) is 0.423. The zero-order chi connectivity index (χ0) is 25.2. The Bertz CT molecular complexity index is 1180. The van der Waals surface area contributed by atoms with E-state index in [9.17, 15) is 22.8 Å². The van der Waals surface area contributed by atoms with Crippen molar-refractivity contribution in [2.75, 3.05) is 0 Å². The highest BCUT2D eigenvalue weighted by Crippen LogP contribution is 2.36. The Hall–Kier alpha value is -3.38. The number of benzene rings is 1. The summed E-state index contributed by atoms with van der Waals surface area (Å²) < 4.78 is 41.5. The second-order valence-electron chi connectivity index (χ2n) is 9.27. The van der Waals surface area contributed by atoms with Crippen LogP contribution in [0.15, 0.2) is 36.7 Å². The van der Waals surface area contributed by atoms with E-state index in [-0.39, 0.29) is 36.3 Å². The molecule has 35 heavy (non-hydrogen) atoms. The summed E-state index contributed by atoms with van der Waals surface area (Å²) in [6.45, 7) is 3.55. The lowest BCUT2D eigenvalue weighted by Gasteiger charge is -2.33. The number of rotatable bonds is 5. The molecule has 1 saturated heterocycles. The Kier molecular flexibility index (Phi) is 7.13. The molecule has 9 heteroatoms. The molecule has 2 fully saturated rings. The number of nitrogens with one attached hydrogen (secondary N) is 3. The van der Waals surface area contributed by atoms with Gasteiger partial charge in [-0.05, 0) is 42.2 Å². The van der Waals surface area contributed by atoms with Gasteiger partial charge in [0.15, 0.2) is 0 Å². The lowest BCUT2D eigenvalue weighted by atomic mass is 9.95. The lowest BCUT2D eigenvalue weighted by Crippen LogP contribution is -2.47. The molecule has 1 aromatic heterocycles. The normalized spacial score (nSPS) is 20.1. The van der Waals surface area contributed by atoms with E-state index < -0.39 is 23.9 Å². The highest BCUT2D eigenvalue weighted by molar-refractivity contribution is 5.78. The molecular formula is C26H27F3N4O2. The molecule has 1 aliphatic heterocycles. The van der Waals surface area contributed by atoms with Crippen molar-refractivity contribution in [3.05, 3.63) is 64.5 Å². The first-order valence-electron chi connectivity index (χ1n) is 11.6. The highest BCUT2D eigenvalue weighted by atomic mass is 19.4. The molecule has 1 saturated carbocycles. The number of alkyl halides is 3. The van der Waals surface area contributed by atoms with Gasteiger partial charge in [-0.3, -0.25) is 19.9 Å². The van der Waals surface area contributed by atoms with Gasteiger partial charge in [-0.1, -0.05) is 31.8 Å². The number of carbonyl (C=O) groups excluding carboxylic acids is 2. The predicted octanol–water partition coefficient (Wildman–Crippen LogP) is 3.98. The molecule has 2 aromatic rings. The monoisotopic (exact) mass is 484 g/mol. The van der Waals surface area contributed by atoms with E-state index in [4.69, 9.17) is 0 Å². The van der Waals surface area contributed by atoms with Gasteiger partial charge in [0, 0.05) is 54.4 Å². The summed E-state index contributed by atoms with van der Waals surface area (Å²) in [5.41, 5.74) is 0.930. The third kappa shape index (κ3) is 6.40. The zero-order valence-corrected chi connectivity index (χ0v) is 19.5. The Morgan fingerprint density at radius 3 is 2.69 bits per heavy atom. The fourth-order valence-electron chi connectivity index (χ4n) is 3.83. The van der Waals surface area contributed by atoms with Gasteiger partial charge in [0.25, 0.3) is 0 Å². The minimum absolute atomic E-state index is 0.0587. The van der Waals surface area contributed by atoms with Gasteiger partial charge in [-0.25, -0.2) is 0 Å². The Morgan fingerprint density at radius 2 is 2.00 bits per heavy atom. The van der Waals surface area contributed by atoms with Gasteiger partial charge in [0.05, 0.1) is 5.56 Å². The minimum Gasteiger partial charge on any atom is -0.352 e. The van der Waals surface area contributed by atoms with E-state index >= 15 is 0 Å². The molecule has 2 aliphatic rings. The lowest BCUT2D eigenvalue weighted by molar-refractivity contribution is -0.139. The molecule has 0 bridgehead atoms. The van der Waals surface area contributed by atoms with E-state index in [0.717, 1.165) is 18.9 Å². The van der Waals surface area contributed by atoms with Gasteiger partial charge in [-0.2, -0.15) is 13.2 Å². The maximum absolute atomic E-state index is 13.8. The minimum atomic E-state index is -4.62. The van der Waals surface area contributed by atoms with Gasteiger partial charge in [0.2, 0.25) is 11.8 Å². The van der Waals surface area contributed by atoms with Crippen LogP contribution in [0.1, 0.15) is 73.1 Å². The van der Waals surface area contributed by atoms with E-state index in [1.807, 2.05) is 6.07 Å². The van der Waals surface area contributed by atoms with Crippen molar-refractivity contribution in [2.45, 2.75) is 58.0 Å². The van der Waals surface area contributed by atoms with Gasteiger partial charge in [-0.15, -0.1) is 0 Å². The third-order valence-corrected chi connectivity index (χ3v) is 5.95. The number of halogens is 3. The first-order chi connectivity index (χ1) is 16.6. The predicted molar refractivity (Wildman–Crippen MR) is 123 cm³/mol. The van der Waals surface area contributed by atoms with Crippen LogP contribution in [-0.4, -0.2) is 16.8 Å². The number of pyridine rings is 1. The van der Waals surface area contributed by atoms with Crippen LogP contribution in [0.4, 0.5) is 13.2 Å². The first kappa shape index (κ1) is 24.7. The van der Waals surface area contributed by atoms with Crippen LogP contribution in [0.3, 0.4) is 0 Å². The molecule has 184 valence electrons. The van der Waals surface area contributed by atoms with Crippen LogP contribution in [0.2, 0.25) is 0 Å². The van der Waals surface area contributed by atoms with E-state index in [0.29, 0.717) is 22.6 Å². The number of amides is 2. The Labute approximate surface area is 202 Å². The van der Waals surface area contributed by atoms with Crippen molar-refractivity contribution in [2.24, 2.45) is 11.8 Å². The summed E-state index contributed by atoms with van der Waals surface area (Å²) in [5.74, 6) is 5.83. The van der Waals surface area contributed by atoms with E-state index in [2.05, 4.69) is 32.8 Å². The summed E-state index contributed by atoms with van der Waals surface area (Å²) >= 11 is 0. The van der Waals surface area contributed by atoms with Gasteiger partial charge in [0.1, 0.15) is 6.17 Å². The third-order valence-electron chi connectivity index (χ3n) is 5.95. The van der Waals surface area contributed by atoms with Crippen LogP contribution >= 0.6 is 0 Å². The Morgan fingerprint density at radius 1 is 1.23 bits per heavy atom. The van der Waals surface area contributed by atoms with Gasteiger partial charge < -0.3 is 10.6 Å². The second kappa shape index (κ2) is 10.1. The molecule has 3 N–H and O–H groups in total. The van der Waals surface area contributed by atoms with Crippen molar-refractivity contribution in [3.8, 4) is 11.8 Å². The van der Waals surface area contributed by atoms with Crippen molar-refractivity contribution in [1.29, 1.82) is 0 Å². The summed E-state index contributed by atoms with van der Waals surface area (Å²) in [6.07, 6.45) is -0.215. The molecule has 4 rings (SSSR count). The maximum atomic E-state index is 13.8. The van der Waals surface area contributed by atoms with Crippen molar-refractivity contribution in [3.63, 3.8) is 0 Å². The molecule has 2 atom stereocenters. The molecule has 6 nitrogen and oxygen atoms in total. The summed E-state index contributed by atoms with van der Waals surface area (Å²) in [4.78, 5) is 28.7. The van der Waals surface area contributed by atoms with Crippen LogP contribution < -0.4 is 16.0 Å². The maximum Gasteiger partial charge on any atom is 0.416 e. The van der Waals surface area contributed by atoms with Gasteiger partial charge >= 0.3 is 6.18 Å². The van der Waals surface area contributed by atoms with Crippen LogP contribution in [0, 0.1) is 23.7 Å². The van der Waals surface area contributed by atoms with Crippen molar-refractivity contribution in [1.82, 2.24) is 20.9 Å². The number of hydrogen-bond donors (Lipinski definition) is 3. The topological polar surface area (TPSA) is 83.1 Å². The fourth-order valence-corrected chi connectivity index (χ4v) is 3.83. The number of hydrogen-bond acceptors (Lipinski definition) is 4. The number of aromatic nitrogens is 1. The SMILES string of the molecule is CC(C)C(=O)NCc1ccc(C(F)(F)F)c(C2NC(=O)CC(c3cncc(C#CC4CC4)c3)N2)c1. The molecule has 0 radical (unpaired) electrons. The standard InChI is InChI=1S/C26H27F3N4O2/c1-15(2)25(35)31-13-18-7-8-21(26(27,28)29)20(10-18)24-32-22(11-23(34)33-24)19-9-17(12-30-14-19)6-5-16-3-4-16/h7-10,12,14-16,22,24,32H,3-4,11,13H2,1-2H3,(H,31,35)(H,33,34). The molecule has 2 unspecified atom stereocenters. The molecule has 1 aromatic carbocycles. The van der Waals surface area contributed by atoms with Crippen molar-refractivity contribution >= 4 is 11.8 Å². The average Bonchev–Trinajstić information content (AvgIpc) is 3.65. The van der Waals surface area contributed by atoms with Crippen molar-refractivity contribution < 1.29 is 22.8 Å². The summed E-state index contributed by atoms with van der Waals surface area (Å²) in [7, 11) is 0. The largest absolute Gasteiger partial charge is 0.416 e.